The second-order valence-corrected chi connectivity index (χ2v) is 12.9. The summed E-state index contributed by atoms with van der Waals surface area (Å²) in [5.74, 6) is -2.71. The van der Waals surface area contributed by atoms with Crippen molar-refractivity contribution >= 4 is 29.4 Å². The second kappa shape index (κ2) is 15.8. The van der Waals surface area contributed by atoms with Crippen molar-refractivity contribution in [1.82, 2.24) is 10.2 Å². The van der Waals surface area contributed by atoms with Crippen LogP contribution in [0.3, 0.4) is 0 Å². The number of unbranched alkanes of at least 4 members (excludes halogenated alkanes) is 1. The average molecular weight is 674 g/mol. The van der Waals surface area contributed by atoms with Crippen molar-refractivity contribution in [2.24, 2.45) is 11.8 Å². The molecule has 3 saturated heterocycles. The molecule has 0 aliphatic carbocycles. The van der Waals surface area contributed by atoms with Gasteiger partial charge in [0.15, 0.2) is 0 Å². The summed E-state index contributed by atoms with van der Waals surface area (Å²) in [4.78, 5) is 59.1. The van der Waals surface area contributed by atoms with Crippen LogP contribution in [0, 0.1) is 11.8 Å². The number of fused-ring (bicyclic) bond motifs is 1. The zero-order valence-electron chi connectivity index (χ0n) is 28.3. The normalized spacial score (nSPS) is 24.9. The highest BCUT2D eigenvalue weighted by atomic mass is 16.6. The van der Waals surface area contributed by atoms with Gasteiger partial charge in [-0.25, -0.2) is 0 Å². The van der Waals surface area contributed by atoms with Gasteiger partial charge in [-0.15, -0.1) is 13.2 Å². The fourth-order valence-electron chi connectivity index (χ4n) is 7.64. The Balaban J connectivity index is 1.46. The molecule has 2 aromatic carbocycles. The van der Waals surface area contributed by atoms with Gasteiger partial charge in [0.2, 0.25) is 11.8 Å². The number of esters is 1. The van der Waals surface area contributed by atoms with E-state index in [1.54, 1.807) is 60.3 Å². The SMILES string of the molecule is C=CCCC(=O)N[C@H](C)[C@@H](OC(=O)[C@@H]1[C@@H]2CC[C@]3(O2)[C@H](C(=O)N(CC=C)c2ccc(OC)cc2)N(CCCCO)C(=O)[C@@H]13)c1ccccc1. The van der Waals surface area contributed by atoms with E-state index in [1.165, 1.54) is 0 Å². The van der Waals surface area contributed by atoms with Crippen molar-refractivity contribution in [2.75, 3.05) is 31.7 Å². The first-order valence-electron chi connectivity index (χ1n) is 17.0. The first-order valence-corrected chi connectivity index (χ1v) is 17.0. The van der Waals surface area contributed by atoms with Gasteiger partial charge in [-0.05, 0) is 68.9 Å². The lowest BCUT2D eigenvalue weighted by molar-refractivity contribution is -0.162. The number of rotatable bonds is 17. The van der Waals surface area contributed by atoms with Gasteiger partial charge in [0.1, 0.15) is 23.5 Å². The maximum absolute atomic E-state index is 14.7. The van der Waals surface area contributed by atoms with Gasteiger partial charge in [-0.2, -0.15) is 0 Å². The van der Waals surface area contributed by atoms with E-state index >= 15 is 0 Å². The molecule has 2 N–H and O–H groups in total. The monoisotopic (exact) mass is 673 g/mol. The Labute approximate surface area is 287 Å². The number of aliphatic hydroxyl groups excluding tert-OH is 1. The van der Waals surface area contributed by atoms with E-state index in [0.717, 1.165) is 0 Å². The van der Waals surface area contributed by atoms with E-state index in [4.69, 9.17) is 14.2 Å². The number of benzene rings is 2. The number of carbonyl (C=O) groups is 4. The first-order chi connectivity index (χ1) is 23.7. The number of carbonyl (C=O) groups excluding carboxylic acids is 4. The van der Waals surface area contributed by atoms with Crippen LogP contribution < -0.4 is 15.0 Å². The molecular weight excluding hydrogens is 626 g/mol. The molecule has 1 spiro atoms. The summed E-state index contributed by atoms with van der Waals surface area (Å²) < 4.78 is 18.2. The summed E-state index contributed by atoms with van der Waals surface area (Å²) in [7, 11) is 1.56. The molecule has 7 atom stereocenters. The van der Waals surface area contributed by atoms with Crippen molar-refractivity contribution < 1.29 is 38.5 Å². The maximum atomic E-state index is 14.7. The highest BCUT2D eigenvalue weighted by Gasteiger charge is 2.75. The molecule has 3 aliphatic heterocycles. The highest BCUT2D eigenvalue weighted by molar-refractivity contribution is 6.04. The Morgan fingerprint density at radius 3 is 2.51 bits per heavy atom. The van der Waals surface area contributed by atoms with E-state index in [9.17, 15) is 24.3 Å². The molecule has 0 saturated carbocycles. The fourth-order valence-corrected chi connectivity index (χ4v) is 7.64. The quantitative estimate of drug-likeness (QED) is 0.146. The minimum Gasteiger partial charge on any atom is -0.497 e. The van der Waals surface area contributed by atoms with Crippen molar-refractivity contribution in [3.63, 3.8) is 0 Å². The summed E-state index contributed by atoms with van der Waals surface area (Å²) in [6.07, 6.45) is 4.43. The highest BCUT2D eigenvalue weighted by Crippen LogP contribution is 2.59. The molecular formula is C38H47N3O8. The molecule has 262 valence electrons. The van der Waals surface area contributed by atoms with Crippen molar-refractivity contribution in [3.05, 3.63) is 85.5 Å². The van der Waals surface area contributed by atoms with Crippen LogP contribution in [-0.4, -0.2) is 84.3 Å². The number of aliphatic hydroxyl groups is 1. The molecule has 49 heavy (non-hydrogen) atoms. The number of hydrogen-bond acceptors (Lipinski definition) is 8. The van der Waals surface area contributed by atoms with Crippen LogP contribution in [0.1, 0.15) is 57.1 Å². The molecule has 0 aromatic heterocycles. The van der Waals surface area contributed by atoms with Crippen LogP contribution in [0.25, 0.3) is 0 Å². The minimum atomic E-state index is -1.24. The number of nitrogens with zero attached hydrogens (tertiary/aromatic N) is 2. The molecule has 2 bridgehead atoms. The van der Waals surface area contributed by atoms with E-state index in [-0.39, 0.29) is 43.8 Å². The largest absolute Gasteiger partial charge is 0.497 e. The molecule has 3 fully saturated rings. The number of methoxy groups -OCH3 is 1. The molecule has 3 aliphatic rings. The lowest BCUT2D eigenvalue weighted by Gasteiger charge is -2.37. The van der Waals surface area contributed by atoms with E-state index in [0.29, 0.717) is 49.1 Å². The van der Waals surface area contributed by atoms with Gasteiger partial charge in [0.25, 0.3) is 5.91 Å². The van der Waals surface area contributed by atoms with Gasteiger partial charge >= 0.3 is 5.97 Å². The molecule has 3 heterocycles. The van der Waals surface area contributed by atoms with Crippen LogP contribution in [0.5, 0.6) is 5.75 Å². The lowest BCUT2D eigenvalue weighted by Crippen LogP contribution is -2.56. The third kappa shape index (κ3) is 7.14. The summed E-state index contributed by atoms with van der Waals surface area (Å²) in [6, 6.07) is 14.7. The summed E-state index contributed by atoms with van der Waals surface area (Å²) >= 11 is 0. The number of allylic oxidation sites excluding steroid dienone is 1. The number of nitrogens with one attached hydrogen (secondary N) is 1. The fraction of sp³-hybridized carbons (Fsp3) is 0.474. The summed E-state index contributed by atoms with van der Waals surface area (Å²) in [6.45, 7) is 9.66. The van der Waals surface area contributed by atoms with E-state index in [2.05, 4.69) is 18.5 Å². The van der Waals surface area contributed by atoms with Gasteiger partial charge in [-0.3, -0.25) is 19.2 Å². The Kier molecular flexibility index (Phi) is 11.6. The molecule has 2 aromatic rings. The smallest absolute Gasteiger partial charge is 0.313 e. The Bertz CT molecular complexity index is 1510. The standard InChI is InChI=1S/C38H47N3O8/c1-5-7-15-30(43)39-25(3)33(26-13-9-8-10-14-26)48-37(46)31-29-20-21-38(49-29)32(31)35(44)41(23-11-12-24-42)34(38)36(45)40(22-6-2)27-16-18-28(47-4)19-17-27/h5-6,8-10,13-14,16-19,25,29,31-34,42H,1-2,7,11-12,15,20-24H2,3-4H3,(H,39,43)/t25-,29+,31-,32-,33-,34+,38-/m1/s1. The molecule has 0 unspecified atom stereocenters. The van der Waals surface area contributed by atoms with E-state index < -0.39 is 47.7 Å². The van der Waals surface area contributed by atoms with Crippen LogP contribution in [-0.2, 0) is 28.7 Å². The van der Waals surface area contributed by atoms with Crippen LogP contribution in [0.4, 0.5) is 5.69 Å². The molecule has 0 radical (unpaired) electrons. The Hall–Kier alpha value is -4.48. The Morgan fingerprint density at radius 2 is 1.86 bits per heavy atom. The van der Waals surface area contributed by atoms with Crippen LogP contribution in [0.15, 0.2) is 79.9 Å². The van der Waals surface area contributed by atoms with Gasteiger partial charge < -0.3 is 34.4 Å². The number of hydrogen-bond donors (Lipinski definition) is 2. The number of amides is 3. The topological polar surface area (TPSA) is 135 Å². The van der Waals surface area contributed by atoms with Gasteiger partial charge in [0.05, 0.1) is 31.1 Å². The van der Waals surface area contributed by atoms with Crippen molar-refractivity contribution in [3.8, 4) is 5.75 Å². The summed E-state index contributed by atoms with van der Waals surface area (Å²) in [5, 5.41) is 12.5. The third-order valence-electron chi connectivity index (χ3n) is 9.86. The van der Waals surface area contributed by atoms with Crippen molar-refractivity contribution in [1.29, 1.82) is 0 Å². The number of anilines is 1. The zero-order valence-corrected chi connectivity index (χ0v) is 28.3. The number of likely N-dealkylation sites (tertiary alicyclic amines) is 1. The third-order valence-corrected chi connectivity index (χ3v) is 9.86. The predicted molar refractivity (Wildman–Crippen MR) is 183 cm³/mol. The maximum Gasteiger partial charge on any atom is 0.313 e. The van der Waals surface area contributed by atoms with Crippen LogP contribution in [0.2, 0.25) is 0 Å². The molecule has 11 heteroatoms. The predicted octanol–water partition coefficient (Wildman–Crippen LogP) is 4.12. The second-order valence-electron chi connectivity index (χ2n) is 12.9. The van der Waals surface area contributed by atoms with E-state index in [1.807, 2.05) is 30.3 Å². The number of ether oxygens (including phenoxy) is 3. The zero-order chi connectivity index (χ0) is 35.1. The first kappa shape index (κ1) is 35.8. The van der Waals surface area contributed by atoms with Gasteiger partial charge in [-0.1, -0.05) is 42.5 Å². The average Bonchev–Trinajstić information content (AvgIpc) is 3.76. The molecule has 11 nitrogen and oxygen atoms in total. The van der Waals surface area contributed by atoms with Gasteiger partial charge in [0, 0.05) is 31.8 Å². The van der Waals surface area contributed by atoms with Crippen LogP contribution >= 0.6 is 0 Å². The lowest BCUT2D eigenvalue weighted by atomic mass is 9.70. The minimum absolute atomic E-state index is 0.0552. The Morgan fingerprint density at radius 1 is 1.12 bits per heavy atom. The summed E-state index contributed by atoms with van der Waals surface area (Å²) in [5.41, 5.74) is 0.0641. The molecule has 3 amide bonds. The molecule has 5 rings (SSSR count). The van der Waals surface area contributed by atoms with Crippen molar-refractivity contribution in [2.45, 2.75) is 75.3 Å².